The minimum absolute atomic E-state index is 0.185. The number of hydrogen-bond donors (Lipinski definition) is 0. The van der Waals surface area contributed by atoms with E-state index < -0.39 is 5.97 Å². The summed E-state index contributed by atoms with van der Waals surface area (Å²) < 4.78 is 9.83. The Balaban J connectivity index is 3.36. The first-order valence-corrected chi connectivity index (χ1v) is 5.68. The van der Waals surface area contributed by atoms with Crippen molar-refractivity contribution in [1.82, 2.24) is 0 Å². The van der Waals surface area contributed by atoms with Crippen molar-refractivity contribution in [2.75, 3.05) is 32.0 Å². The van der Waals surface area contributed by atoms with E-state index in [9.17, 15) is 9.59 Å². The number of amides is 1. The molecule has 0 aliphatic rings. The third-order valence-corrected chi connectivity index (χ3v) is 2.68. The SMILES string of the molecule is COC(=O)c1cccc(OC)c1N(C)C(=O)CCl. The van der Waals surface area contributed by atoms with E-state index in [4.69, 9.17) is 16.3 Å². The van der Waals surface area contributed by atoms with Gasteiger partial charge in [0.2, 0.25) is 5.91 Å². The number of carbonyl (C=O) groups excluding carboxylic acids is 2. The molecule has 1 aromatic carbocycles. The first kappa shape index (κ1) is 14.3. The standard InChI is InChI=1S/C12H14ClNO4/c1-14(10(15)7-13)11-8(12(16)18-3)5-4-6-9(11)17-2/h4-6H,7H2,1-3H3. The summed E-state index contributed by atoms with van der Waals surface area (Å²) in [5.74, 6) is -0.668. The van der Waals surface area contributed by atoms with Crippen molar-refractivity contribution in [3.05, 3.63) is 23.8 Å². The third kappa shape index (κ3) is 2.73. The van der Waals surface area contributed by atoms with Crippen LogP contribution in [0.2, 0.25) is 0 Å². The number of para-hydroxylation sites is 1. The molecule has 0 spiro atoms. The Morgan fingerprint density at radius 2 is 2.00 bits per heavy atom. The summed E-state index contributed by atoms with van der Waals surface area (Å²) >= 11 is 5.51. The number of alkyl halides is 1. The smallest absolute Gasteiger partial charge is 0.340 e. The highest BCUT2D eigenvalue weighted by molar-refractivity contribution is 6.29. The molecule has 6 heteroatoms. The van der Waals surface area contributed by atoms with Crippen molar-refractivity contribution in [2.45, 2.75) is 0 Å². The normalized spacial score (nSPS) is 9.78. The van der Waals surface area contributed by atoms with Crippen LogP contribution in [-0.2, 0) is 9.53 Å². The van der Waals surface area contributed by atoms with Crippen LogP contribution in [0.5, 0.6) is 5.75 Å². The average Bonchev–Trinajstić information content (AvgIpc) is 2.43. The predicted molar refractivity (Wildman–Crippen MR) is 68.5 cm³/mol. The summed E-state index contributed by atoms with van der Waals surface area (Å²) in [5.41, 5.74) is 0.593. The molecule has 0 fully saturated rings. The fraction of sp³-hybridized carbons (Fsp3) is 0.333. The molecule has 0 aliphatic carbocycles. The maximum Gasteiger partial charge on any atom is 0.340 e. The summed E-state index contributed by atoms with van der Waals surface area (Å²) in [6.45, 7) is 0. The van der Waals surface area contributed by atoms with Gasteiger partial charge in [-0.15, -0.1) is 11.6 Å². The maximum absolute atomic E-state index is 11.7. The third-order valence-electron chi connectivity index (χ3n) is 2.45. The van der Waals surface area contributed by atoms with Crippen molar-refractivity contribution < 1.29 is 19.1 Å². The van der Waals surface area contributed by atoms with Gasteiger partial charge in [-0.3, -0.25) is 4.79 Å². The van der Waals surface area contributed by atoms with Gasteiger partial charge in [-0.25, -0.2) is 4.79 Å². The van der Waals surface area contributed by atoms with Gasteiger partial charge in [0, 0.05) is 7.05 Å². The Labute approximate surface area is 110 Å². The Hall–Kier alpha value is -1.75. The predicted octanol–water partition coefficient (Wildman–Crippen LogP) is 1.68. The Bertz CT molecular complexity index is 461. The van der Waals surface area contributed by atoms with Crippen molar-refractivity contribution in [2.24, 2.45) is 0 Å². The van der Waals surface area contributed by atoms with Gasteiger partial charge in [-0.1, -0.05) is 6.07 Å². The van der Waals surface area contributed by atoms with Crippen LogP contribution in [0.15, 0.2) is 18.2 Å². The lowest BCUT2D eigenvalue weighted by molar-refractivity contribution is -0.116. The fourth-order valence-corrected chi connectivity index (χ4v) is 1.70. The quantitative estimate of drug-likeness (QED) is 0.618. The molecule has 0 atom stereocenters. The topological polar surface area (TPSA) is 55.8 Å². The van der Waals surface area contributed by atoms with E-state index in [0.717, 1.165) is 0 Å². The van der Waals surface area contributed by atoms with Crippen molar-refractivity contribution in [3.8, 4) is 5.75 Å². The molecule has 98 valence electrons. The average molecular weight is 272 g/mol. The molecular weight excluding hydrogens is 258 g/mol. The molecule has 0 N–H and O–H groups in total. The van der Waals surface area contributed by atoms with Gasteiger partial charge in [0.25, 0.3) is 0 Å². The highest BCUT2D eigenvalue weighted by atomic mass is 35.5. The maximum atomic E-state index is 11.7. The van der Waals surface area contributed by atoms with E-state index in [2.05, 4.69) is 4.74 Å². The van der Waals surface area contributed by atoms with Crippen molar-refractivity contribution in [3.63, 3.8) is 0 Å². The monoisotopic (exact) mass is 271 g/mol. The number of halogens is 1. The molecule has 1 rings (SSSR count). The fourth-order valence-electron chi connectivity index (χ4n) is 1.52. The molecule has 18 heavy (non-hydrogen) atoms. The summed E-state index contributed by atoms with van der Waals surface area (Å²) in [5, 5.41) is 0. The number of carbonyl (C=O) groups is 2. The number of methoxy groups -OCH3 is 2. The first-order chi connectivity index (χ1) is 8.56. The Morgan fingerprint density at radius 3 is 2.50 bits per heavy atom. The van der Waals surface area contributed by atoms with Gasteiger partial charge >= 0.3 is 5.97 Å². The summed E-state index contributed by atoms with van der Waals surface area (Å²) in [6, 6.07) is 4.86. The zero-order chi connectivity index (χ0) is 13.7. The number of benzene rings is 1. The largest absolute Gasteiger partial charge is 0.495 e. The van der Waals surface area contributed by atoms with Gasteiger partial charge in [-0.2, -0.15) is 0 Å². The van der Waals surface area contributed by atoms with E-state index >= 15 is 0 Å². The molecule has 0 heterocycles. The number of hydrogen-bond acceptors (Lipinski definition) is 4. The molecule has 5 nitrogen and oxygen atoms in total. The summed E-state index contributed by atoms with van der Waals surface area (Å²) in [6.07, 6.45) is 0. The van der Waals surface area contributed by atoms with Crippen LogP contribution < -0.4 is 9.64 Å². The van der Waals surface area contributed by atoms with Crippen molar-refractivity contribution >= 4 is 29.2 Å². The van der Waals surface area contributed by atoms with Gasteiger partial charge in [0.1, 0.15) is 17.3 Å². The Morgan fingerprint density at radius 1 is 1.33 bits per heavy atom. The minimum Gasteiger partial charge on any atom is -0.495 e. The van der Waals surface area contributed by atoms with Crippen LogP contribution in [-0.4, -0.2) is 39.0 Å². The second-order valence-corrected chi connectivity index (χ2v) is 3.70. The van der Waals surface area contributed by atoms with Gasteiger partial charge < -0.3 is 14.4 Å². The Kier molecular flexibility index (Phi) is 4.97. The molecule has 0 aromatic heterocycles. The lowest BCUT2D eigenvalue weighted by Gasteiger charge is -2.21. The first-order valence-electron chi connectivity index (χ1n) is 5.14. The lowest BCUT2D eigenvalue weighted by Crippen LogP contribution is -2.29. The van der Waals surface area contributed by atoms with Gasteiger partial charge in [0.05, 0.1) is 19.8 Å². The number of esters is 1. The molecule has 0 saturated carbocycles. The minimum atomic E-state index is -0.543. The van der Waals surface area contributed by atoms with Crippen LogP contribution in [0, 0.1) is 0 Å². The molecule has 1 amide bonds. The van der Waals surface area contributed by atoms with Crippen LogP contribution in [0.4, 0.5) is 5.69 Å². The van der Waals surface area contributed by atoms with Crippen molar-refractivity contribution in [1.29, 1.82) is 0 Å². The van der Waals surface area contributed by atoms with Gasteiger partial charge in [-0.05, 0) is 12.1 Å². The molecule has 1 aromatic rings. The zero-order valence-electron chi connectivity index (χ0n) is 10.4. The molecule has 0 unspecified atom stereocenters. The number of anilines is 1. The second kappa shape index (κ2) is 6.26. The number of rotatable bonds is 4. The lowest BCUT2D eigenvalue weighted by atomic mass is 10.1. The van der Waals surface area contributed by atoms with E-state index in [0.29, 0.717) is 11.4 Å². The van der Waals surface area contributed by atoms with Crippen LogP contribution >= 0.6 is 11.6 Å². The van der Waals surface area contributed by atoms with E-state index in [1.807, 2.05) is 0 Å². The van der Waals surface area contributed by atoms with Crippen LogP contribution in [0.1, 0.15) is 10.4 Å². The van der Waals surface area contributed by atoms with Crippen LogP contribution in [0.25, 0.3) is 0 Å². The highest BCUT2D eigenvalue weighted by Gasteiger charge is 2.22. The number of ether oxygens (including phenoxy) is 2. The van der Waals surface area contributed by atoms with E-state index in [1.54, 1.807) is 18.2 Å². The molecule has 0 saturated heterocycles. The molecule has 0 aliphatic heterocycles. The van der Waals surface area contributed by atoms with E-state index in [1.165, 1.54) is 26.2 Å². The van der Waals surface area contributed by atoms with Gasteiger partial charge in [0.15, 0.2) is 0 Å². The molecule has 0 radical (unpaired) electrons. The van der Waals surface area contributed by atoms with Crippen LogP contribution in [0.3, 0.4) is 0 Å². The highest BCUT2D eigenvalue weighted by Crippen LogP contribution is 2.32. The number of nitrogens with zero attached hydrogens (tertiary/aromatic N) is 1. The second-order valence-electron chi connectivity index (χ2n) is 3.43. The van der Waals surface area contributed by atoms with E-state index in [-0.39, 0.29) is 17.4 Å². The summed E-state index contributed by atoms with van der Waals surface area (Å²) in [4.78, 5) is 24.6. The zero-order valence-corrected chi connectivity index (χ0v) is 11.2. The molecule has 0 bridgehead atoms. The summed E-state index contributed by atoms with van der Waals surface area (Å²) in [7, 11) is 4.25. The molecular formula is C12H14ClNO4.